The van der Waals surface area contributed by atoms with Crippen LogP contribution in [0.1, 0.15) is 51.9 Å². The van der Waals surface area contributed by atoms with Crippen LogP contribution in [0.5, 0.6) is 0 Å². The van der Waals surface area contributed by atoms with Gasteiger partial charge in [-0.05, 0) is 79.0 Å². The third-order valence-corrected chi connectivity index (χ3v) is 7.80. The topological polar surface area (TPSA) is 34.1 Å². The number of carbonyl (C=O) groups excluding carboxylic acids is 2. The lowest BCUT2D eigenvalue weighted by Gasteiger charge is -2.53. The molecule has 4 aliphatic carbocycles. The Morgan fingerprint density at radius 3 is 2.88 bits per heavy atom. The molecule has 0 aliphatic heterocycles. The van der Waals surface area contributed by atoms with E-state index in [1.165, 1.54) is 5.57 Å². The van der Waals surface area contributed by atoms with E-state index < -0.39 is 0 Å². The van der Waals surface area contributed by atoms with Crippen LogP contribution in [0.25, 0.3) is 0 Å². The van der Waals surface area contributed by atoms with Gasteiger partial charge in [0.25, 0.3) is 0 Å². The zero-order chi connectivity index (χ0) is 17.8. The molecule has 0 saturated heterocycles. The Hall–Kier alpha value is -1.33. The molecule has 0 heterocycles. The molecule has 6 atom stereocenters. The summed E-state index contributed by atoms with van der Waals surface area (Å²) in [7, 11) is 0. The van der Waals surface area contributed by atoms with Crippen molar-refractivity contribution < 1.29 is 9.59 Å². The largest absolute Gasteiger partial charge is 0.299 e. The number of hydrogen-bond acceptors (Lipinski definition) is 2. The van der Waals surface area contributed by atoms with Crippen LogP contribution in [0.15, 0.2) is 23.8 Å². The number of halogens is 1. The smallest absolute Gasteiger partial charge is 0.160 e. The summed E-state index contributed by atoms with van der Waals surface area (Å²) in [5.74, 6) is 5.53. The van der Waals surface area contributed by atoms with Crippen LogP contribution < -0.4 is 0 Å². The van der Waals surface area contributed by atoms with Gasteiger partial charge < -0.3 is 0 Å². The molecule has 0 N–H and O–H groups in total. The molecule has 3 heteroatoms. The fourth-order valence-electron chi connectivity index (χ4n) is 6.33. The van der Waals surface area contributed by atoms with Crippen LogP contribution in [0.3, 0.4) is 0 Å². The molecule has 0 radical (unpaired) electrons. The molecule has 4 rings (SSSR count). The van der Waals surface area contributed by atoms with Gasteiger partial charge >= 0.3 is 0 Å². The second-order valence-electron chi connectivity index (χ2n) is 8.68. The van der Waals surface area contributed by atoms with Gasteiger partial charge in [0.2, 0.25) is 0 Å². The van der Waals surface area contributed by atoms with E-state index >= 15 is 0 Å². The molecule has 0 aromatic rings. The maximum atomic E-state index is 12.5. The van der Waals surface area contributed by atoms with Crippen molar-refractivity contribution in [2.75, 3.05) is 0 Å². The van der Waals surface area contributed by atoms with Crippen molar-refractivity contribution in [2.45, 2.75) is 51.9 Å². The number of Topliss-reactive ketones (excluding diaryl/α,β-unsaturated/α-hetero) is 1. The molecule has 0 spiro atoms. The van der Waals surface area contributed by atoms with Gasteiger partial charge in [-0.15, -0.1) is 0 Å². The maximum absolute atomic E-state index is 12.5. The number of ketones is 2. The lowest BCUT2D eigenvalue weighted by Crippen LogP contribution is -2.47. The summed E-state index contributed by atoms with van der Waals surface area (Å²) in [6.07, 6.45) is 8.11. The molecule has 0 aromatic carbocycles. The molecule has 0 bridgehead atoms. The molecule has 2 nitrogen and oxygen atoms in total. The van der Waals surface area contributed by atoms with Crippen molar-refractivity contribution in [1.82, 2.24) is 0 Å². The van der Waals surface area contributed by atoms with Crippen molar-refractivity contribution in [3.8, 4) is 11.3 Å². The molecule has 3 saturated carbocycles. The number of allylic oxidation sites excluding steroid dienone is 2. The van der Waals surface area contributed by atoms with Crippen LogP contribution in [0.4, 0.5) is 0 Å². The van der Waals surface area contributed by atoms with Gasteiger partial charge in [0, 0.05) is 29.6 Å². The molecule has 4 aliphatic rings. The monoisotopic (exact) mass is 356 g/mol. The summed E-state index contributed by atoms with van der Waals surface area (Å²) in [4.78, 5) is 24.9. The second kappa shape index (κ2) is 6.13. The Morgan fingerprint density at radius 2 is 2.12 bits per heavy atom. The summed E-state index contributed by atoms with van der Waals surface area (Å²) in [6.45, 7) is 6.51. The molecule has 132 valence electrons. The SMILES string of the molecule is C=C1C[C@@H]2[C@H](CC[C@]3(C)C(=O)CC[C@@H]23)[C@H]2CC(CC#CCl)C(=O)C=C12. The lowest BCUT2D eigenvalue weighted by atomic mass is 9.51. The van der Waals surface area contributed by atoms with Gasteiger partial charge in [-0.25, -0.2) is 0 Å². The summed E-state index contributed by atoms with van der Waals surface area (Å²) in [5, 5.41) is 2.41. The van der Waals surface area contributed by atoms with Gasteiger partial charge in [0.05, 0.1) is 0 Å². The minimum Gasteiger partial charge on any atom is -0.299 e. The van der Waals surface area contributed by atoms with Crippen molar-refractivity contribution in [1.29, 1.82) is 0 Å². The predicted octanol–water partition coefficient (Wildman–Crippen LogP) is 4.68. The van der Waals surface area contributed by atoms with E-state index in [-0.39, 0.29) is 17.1 Å². The van der Waals surface area contributed by atoms with E-state index in [9.17, 15) is 9.59 Å². The summed E-state index contributed by atoms with van der Waals surface area (Å²) in [6, 6.07) is 0. The third-order valence-electron chi connectivity index (χ3n) is 7.66. The maximum Gasteiger partial charge on any atom is 0.160 e. The van der Waals surface area contributed by atoms with Crippen LogP contribution in [-0.2, 0) is 9.59 Å². The lowest BCUT2D eigenvalue weighted by molar-refractivity contribution is -0.130. The van der Waals surface area contributed by atoms with Gasteiger partial charge in [-0.3, -0.25) is 9.59 Å². The molecular formula is C22H25ClO2. The summed E-state index contributed by atoms with van der Waals surface area (Å²) >= 11 is 5.50. The molecule has 1 unspecified atom stereocenters. The fraction of sp³-hybridized carbons (Fsp3) is 0.636. The molecule has 3 fully saturated rings. The third kappa shape index (κ3) is 2.55. The van der Waals surface area contributed by atoms with E-state index in [0.29, 0.717) is 35.9 Å². The Morgan fingerprint density at radius 1 is 1.32 bits per heavy atom. The van der Waals surface area contributed by atoms with Crippen LogP contribution >= 0.6 is 11.6 Å². The highest BCUT2D eigenvalue weighted by atomic mass is 35.5. The molecule has 0 aromatic heterocycles. The van der Waals surface area contributed by atoms with E-state index in [0.717, 1.165) is 44.1 Å². The first kappa shape index (κ1) is 17.1. The Kier molecular flexibility index (Phi) is 4.19. The van der Waals surface area contributed by atoms with E-state index in [1.807, 2.05) is 6.08 Å². The van der Waals surface area contributed by atoms with E-state index in [4.69, 9.17) is 11.6 Å². The van der Waals surface area contributed by atoms with Crippen molar-refractivity contribution in [3.63, 3.8) is 0 Å². The normalized spacial score (nSPS) is 42.7. The van der Waals surface area contributed by atoms with Gasteiger partial charge in [0.1, 0.15) is 5.78 Å². The Balaban J connectivity index is 1.65. The predicted molar refractivity (Wildman–Crippen MR) is 98.7 cm³/mol. The zero-order valence-corrected chi connectivity index (χ0v) is 15.6. The van der Waals surface area contributed by atoms with Crippen LogP contribution in [-0.4, -0.2) is 11.6 Å². The molecule has 25 heavy (non-hydrogen) atoms. The van der Waals surface area contributed by atoms with Crippen LogP contribution in [0.2, 0.25) is 0 Å². The first-order valence-electron chi connectivity index (χ1n) is 9.51. The standard InChI is InChI=1S/C22H25ClO2/c1-13-10-18-15(7-8-22(2)19(18)5-6-21(22)25)17-11-14(4-3-9-23)20(24)12-16(13)17/h12,14-15,17-19H,1,4-8,10-11H2,2H3/t14?,15-,17-,18-,19+,22+/m1/s1. The van der Waals surface area contributed by atoms with E-state index in [1.54, 1.807) is 0 Å². The zero-order valence-electron chi connectivity index (χ0n) is 14.8. The minimum absolute atomic E-state index is 0.0370. The number of fused-ring (bicyclic) bond motifs is 5. The highest BCUT2D eigenvalue weighted by Crippen LogP contribution is 2.61. The van der Waals surface area contributed by atoms with Crippen molar-refractivity contribution >= 4 is 23.2 Å². The number of rotatable bonds is 1. The quantitative estimate of drug-likeness (QED) is 0.639. The van der Waals surface area contributed by atoms with Gasteiger partial charge in [-0.2, -0.15) is 0 Å². The Bertz CT molecular complexity index is 737. The summed E-state index contributed by atoms with van der Waals surface area (Å²) < 4.78 is 0. The van der Waals surface area contributed by atoms with Crippen molar-refractivity contribution in [2.24, 2.45) is 35.0 Å². The molecule has 0 amide bonds. The minimum atomic E-state index is -0.114. The van der Waals surface area contributed by atoms with Gasteiger partial charge in [-0.1, -0.05) is 25.0 Å². The highest BCUT2D eigenvalue weighted by Gasteiger charge is 2.57. The number of hydrogen-bond donors (Lipinski definition) is 0. The Labute approximate surface area is 155 Å². The first-order chi connectivity index (χ1) is 12.0. The van der Waals surface area contributed by atoms with E-state index in [2.05, 4.69) is 24.8 Å². The number of carbonyl (C=O) groups is 2. The highest BCUT2D eigenvalue weighted by molar-refractivity contribution is 6.30. The van der Waals surface area contributed by atoms with Gasteiger partial charge in [0.15, 0.2) is 5.78 Å². The van der Waals surface area contributed by atoms with Crippen LogP contribution in [0, 0.1) is 46.3 Å². The summed E-state index contributed by atoms with van der Waals surface area (Å²) in [5.41, 5.74) is 2.20. The average molecular weight is 357 g/mol. The average Bonchev–Trinajstić information content (AvgIpc) is 2.89. The second-order valence-corrected chi connectivity index (χ2v) is 8.87. The first-order valence-corrected chi connectivity index (χ1v) is 9.89. The molecular weight excluding hydrogens is 332 g/mol. The fourth-order valence-corrected chi connectivity index (χ4v) is 6.40. The van der Waals surface area contributed by atoms with Crippen molar-refractivity contribution in [3.05, 3.63) is 23.8 Å².